The molecular weight excluding hydrogens is 540 g/mol. The highest BCUT2D eigenvalue weighted by atomic mass is 19.3. The lowest BCUT2D eigenvalue weighted by Crippen LogP contribution is -2.55. The predicted molar refractivity (Wildman–Crippen MR) is 165 cm³/mol. The summed E-state index contributed by atoms with van der Waals surface area (Å²) >= 11 is 0. The van der Waals surface area contributed by atoms with E-state index in [0.717, 1.165) is 17.0 Å². The van der Waals surface area contributed by atoms with Crippen LogP contribution in [0.3, 0.4) is 0 Å². The first-order chi connectivity index (χ1) is 20.2. The second-order valence-corrected chi connectivity index (χ2v) is 11.2. The lowest BCUT2D eigenvalue weighted by Gasteiger charge is -2.45. The van der Waals surface area contributed by atoms with E-state index >= 15 is 0 Å². The van der Waals surface area contributed by atoms with Crippen molar-refractivity contribution in [2.75, 3.05) is 68.9 Å². The van der Waals surface area contributed by atoms with Crippen LogP contribution < -0.4 is 15.5 Å². The summed E-state index contributed by atoms with van der Waals surface area (Å²) in [5.74, 6) is 0.471. The van der Waals surface area contributed by atoms with Crippen LogP contribution in [0.4, 0.5) is 20.3 Å². The molecule has 4 heterocycles. The molecule has 1 amide bonds. The maximum atomic E-state index is 14.5. The van der Waals surface area contributed by atoms with Gasteiger partial charge in [-0.2, -0.15) is 0 Å². The van der Waals surface area contributed by atoms with Crippen LogP contribution >= 0.6 is 0 Å². The Hall–Kier alpha value is -3.31. The van der Waals surface area contributed by atoms with E-state index in [0.29, 0.717) is 83.3 Å². The van der Waals surface area contributed by atoms with E-state index in [4.69, 9.17) is 15.5 Å². The molecule has 1 atom stereocenters. The number of piperazine rings is 1. The number of allylic oxidation sites excluding steroid dienone is 1. The number of nitrogens with zero attached hydrogens (tertiary/aromatic N) is 6. The average molecular weight is 586 g/mol. The fraction of sp³-hybridized carbons (Fsp3) is 0.581. The first-order valence-electron chi connectivity index (χ1n) is 14.9. The fourth-order valence-electron chi connectivity index (χ4n) is 6.04. The average Bonchev–Trinajstić information content (AvgIpc) is 3.01. The molecular formula is C31H45F2N7O2. The molecule has 0 bridgehead atoms. The fourth-order valence-corrected chi connectivity index (χ4v) is 6.04. The van der Waals surface area contributed by atoms with Crippen LogP contribution in [0, 0.1) is 0 Å². The molecule has 2 fully saturated rings. The number of anilines is 2. The summed E-state index contributed by atoms with van der Waals surface area (Å²) in [7, 11) is 0. The summed E-state index contributed by atoms with van der Waals surface area (Å²) in [6.45, 7) is 16.9. The molecule has 0 aromatic carbocycles. The maximum absolute atomic E-state index is 14.5. The third kappa shape index (κ3) is 6.67. The quantitative estimate of drug-likeness (QED) is 0.434. The summed E-state index contributed by atoms with van der Waals surface area (Å²) in [5.41, 5.74) is 8.08. The zero-order valence-corrected chi connectivity index (χ0v) is 25.4. The van der Waals surface area contributed by atoms with Crippen LogP contribution in [0.2, 0.25) is 0 Å². The molecule has 1 aromatic rings. The molecule has 1 spiro atoms. The van der Waals surface area contributed by atoms with Crippen molar-refractivity contribution >= 4 is 29.2 Å². The number of ether oxygens (including phenoxy) is 1. The number of carbonyl (C=O) groups excluding carboxylic acids is 1. The molecule has 0 radical (unpaired) electrons. The van der Waals surface area contributed by atoms with Crippen LogP contribution in [-0.2, 0) is 9.53 Å². The number of aliphatic imine (C=N–C) groups is 1. The molecule has 9 nitrogen and oxygen atoms in total. The van der Waals surface area contributed by atoms with Gasteiger partial charge in [0, 0.05) is 57.4 Å². The number of halogens is 2. The van der Waals surface area contributed by atoms with Gasteiger partial charge in [0.2, 0.25) is 5.91 Å². The summed E-state index contributed by atoms with van der Waals surface area (Å²) in [6, 6.07) is 2.00. The molecule has 2 saturated heterocycles. The van der Waals surface area contributed by atoms with E-state index in [2.05, 4.69) is 26.3 Å². The zero-order valence-electron chi connectivity index (χ0n) is 25.4. The Morgan fingerprint density at radius 1 is 1.26 bits per heavy atom. The number of alkyl halides is 2. The smallest absolute Gasteiger partial charge is 0.281 e. The number of rotatable bonds is 9. The lowest BCUT2D eigenvalue weighted by molar-refractivity contribution is -0.127. The molecule has 3 aliphatic heterocycles. The molecule has 0 saturated carbocycles. The molecule has 1 unspecified atom stereocenters. The van der Waals surface area contributed by atoms with Crippen molar-refractivity contribution < 1.29 is 18.3 Å². The number of carbonyl (C=O) groups is 1. The van der Waals surface area contributed by atoms with E-state index in [9.17, 15) is 13.6 Å². The Morgan fingerprint density at radius 2 is 1.95 bits per heavy atom. The minimum atomic E-state index is -2.72. The van der Waals surface area contributed by atoms with Gasteiger partial charge in [0.15, 0.2) is 0 Å². The van der Waals surface area contributed by atoms with Gasteiger partial charge in [-0.1, -0.05) is 18.7 Å². The number of aromatic nitrogens is 1. The molecule has 3 aliphatic rings. The van der Waals surface area contributed by atoms with E-state index < -0.39 is 12.0 Å². The van der Waals surface area contributed by atoms with Crippen molar-refractivity contribution in [2.45, 2.75) is 58.6 Å². The number of pyridine rings is 1. The van der Waals surface area contributed by atoms with E-state index in [1.54, 1.807) is 23.3 Å². The molecule has 42 heavy (non-hydrogen) atoms. The van der Waals surface area contributed by atoms with Gasteiger partial charge in [-0.3, -0.25) is 14.7 Å². The van der Waals surface area contributed by atoms with E-state index in [1.165, 1.54) is 6.08 Å². The first kappa shape index (κ1) is 31.6. The number of piperidine rings is 1. The third-order valence-corrected chi connectivity index (χ3v) is 8.44. The van der Waals surface area contributed by atoms with Gasteiger partial charge in [0.25, 0.3) is 6.43 Å². The van der Waals surface area contributed by atoms with Gasteiger partial charge < -0.3 is 25.2 Å². The van der Waals surface area contributed by atoms with Crippen molar-refractivity contribution in [3.63, 3.8) is 0 Å². The highest BCUT2D eigenvalue weighted by molar-refractivity contribution is 6.06. The Balaban J connectivity index is 1.61. The van der Waals surface area contributed by atoms with E-state index in [1.807, 2.05) is 33.8 Å². The number of nitrogens with two attached hydrogens (primary N) is 1. The molecule has 1 aromatic heterocycles. The van der Waals surface area contributed by atoms with Gasteiger partial charge in [-0.15, -0.1) is 0 Å². The van der Waals surface area contributed by atoms with Gasteiger partial charge in [-0.05, 0) is 58.4 Å². The normalized spacial score (nSPS) is 21.7. The van der Waals surface area contributed by atoms with Crippen molar-refractivity contribution in [1.82, 2.24) is 14.8 Å². The van der Waals surface area contributed by atoms with Crippen LogP contribution in [0.1, 0.15) is 58.2 Å². The molecule has 0 aliphatic carbocycles. The Kier molecular flexibility index (Phi) is 10.4. The zero-order chi connectivity index (χ0) is 30.4. The lowest BCUT2D eigenvalue weighted by atomic mass is 9.82. The Morgan fingerprint density at radius 3 is 2.52 bits per heavy atom. The summed E-state index contributed by atoms with van der Waals surface area (Å²) in [5, 5.41) is 0. The third-order valence-electron chi connectivity index (χ3n) is 8.44. The second-order valence-electron chi connectivity index (χ2n) is 11.2. The molecule has 11 heteroatoms. The number of hydrogen-bond donors (Lipinski definition) is 1. The summed E-state index contributed by atoms with van der Waals surface area (Å²) in [6.07, 6.45) is 5.02. The van der Waals surface area contributed by atoms with Gasteiger partial charge >= 0.3 is 0 Å². The first-order valence-corrected chi connectivity index (χ1v) is 14.9. The standard InChI is InChI=1S/C31H45F2N7O2/c1-6-9-24-25(38(8-3)21-37-14-16-40(17-15-37)27(41)7-2)18-26(36-28(24)30(32)33)39-12-10-31(11-13-39)29(22(4)19-34)35-23(5)20-42-31/h6-7,9,18-19,23,30H,2,8,10-17,20-21,34H2,1,3-5H3/b9-6-,22-19-. The van der Waals surface area contributed by atoms with Crippen LogP contribution in [0.5, 0.6) is 0 Å². The highest BCUT2D eigenvalue weighted by Crippen LogP contribution is 2.38. The monoisotopic (exact) mass is 585 g/mol. The van der Waals surface area contributed by atoms with Crippen LogP contribution in [-0.4, -0.2) is 97.1 Å². The topological polar surface area (TPSA) is 90.5 Å². The van der Waals surface area contributed by atoms with Crippen molar-refractivity contribution in [3.8, 4) is 0 Å². The number of hydrogen-bond acceptors (Lipinski definition) is 8. The van der Waals surface area contributed by atoms with Gasteiger partial charge in [-0.25, -0.2) is 13.8 Å². The summed E-state index contributed by atoms with van der Waals surface area (Å²) in [4.78, 5) is 29.7. The largest absolute Gasteiger partial charge is 0.404 e. The SMILES string of the molecule is C=CC(=O)N1CCN(CN(CC)c2cc(N3CCC4(CC3)OCC(C)N=C4/C(C)=C\N)nc(C(F)F)c2/C=C\C)CC1. The predicted octanol–water partition coefficient (Wildman–Crippen LogP) is 4.23. The van der Waals surface area contributed by atoms with Crippen molar-refractivity contribution in [1.29, 1.82) is 0 Å². The van der Waals surface area contributed by atoms with Crippen LogP contribution in [0.25, 0.3) is 6.08 Å². The van der Waals surface area contributed by atoms with Gasteiger partial charge in [0.1, 0.15) is 17.1 Å². The minimum Gasteiger partial charge on any atom is -0.404 e. The minimum absolute atomic E-state index is 0.0565. The maximum Gasteiger partial charge on any atom is 0.281 e. The Bertz CT molecular complexity index is 1220. The number of amides is 1. The highest BCUT2D eigenvalue weighted by Gasteiger charge is 2.44. The molecule has 230 valence electrons. The van der Waals surface area contributed by atoms with E-state index in [-0.39, 0.29) is 17.6 Å². The molecule has 4 rings (SSSR count). The Labute approximate surface area is 248 Å². The van der Waals surface area contributed by atoms with Gasteiger partial charge in [0.05, 0.1) is 30.7 Å². The summed E-state index contributed by atoms with van der Waals surface area (Å²) < 4.78 is 35.4. The second kappa shape index (κ2) is 13.8. The van der Waals surface area contributed by atoms with Crippen molar-refractivity contribution in [2.24, 2.45) is 10.7 Å². The van der Waals surface area contributed by atoms with Crippen LogP contribution in [0.15, 0.2) is 41.6 Å². The van der Waals surface area contributed by atoms with Crippen molar-refractivity contribution in [3.05, 3.63) is 47.8 Å². The molecule has 2 N–H and O–H groups in total.